The molecule has 5 unspecified atom stereocenters. The van der Waals surface area contributed by atoms with Gasteiger partial charge in [0.25, 0.3) is 5.91 Å². The first-order valence-electron chi connectivity index (χ1n) is 16.2. The lowest BCUT2D eigenvalue weighted by Gasteiger charge is -2.42. The minimum absolute atomic E-state index is 0.122. The normalized spacial score (nSPS) is 29.7. The molecule has 2 N–H and O–H groups in total. The minimum Gasteiger partial charge on any atom is -0.491 e. The van der Waals surface area contributed by atoms with Crippen molar-refractivity contribution in [3.63, 3.8) is 0 Å². The number of nitrogens with one attached hydrogen (secondary N) is 1. The summed E-state index contributed by atoms with van der Waals surface area (Å²) >= 11 is 6.37. The number of benzene rings is 2. The van der Waals surface area contributed by atoms with Crippen molar-refractivity contribution in [2.45, 2.75) is 83.7 Å². The summed E-state index contributed by atoms with van der Waals surface area (Å²) < 4.78 is 21.7. The van der Waals surface area contributed by atoms with Crippen LogP contribution < -0.4 is 14.4 Å². The number of rotatable bonds is 3. The molecule has 2 heterocycles. The summed E-state index contributed by atoms with van der Waals surface area (Å²) in [5, 5.41) is 11.7. The number of anilines is 1. The number of carbonyl (C=O) groups excluding carboxylic acids is 1. The van der Waals surface area contributed by atoms with Crippen LogP contribution in [0.5, 0.6) is 5.75 Å². The first-order chi connectivity index (χ1) is 20.8. The van der Waals surface area contributed by atoms with Gasteiger partial charge in [-0.3, -0.25) is 9.52 Å². The Morgan fingerprint density at radius 2 is 1.88 bits per heavy atom. The number of nitrogens with zero attached hydrogens (tertiary/aromatic N) is 1. The lowest BCUT2D eigenvalue weighted by molar-refractivity contribution is 0.0461. The van der Waals surface area contributed by atoms with Gasteiger partial charge in [0.05, 0.1) is 18.4 Å². The van der Waals surface area contributed by atoms with Crippen LogP contribution >= 0.6 is 11.6 Å². The molecule has 2 aromatic rings. The van der Waals surface area contributed by atoms with Gasteiger partial charge in [-0.1, -0.05) is 75.8 Å². The summed E-state index contributed by atoms with van der Waals surface area (Å²) in [6, 6.07) is 11.6. The summed E-state index contributed by atoms with van der Waals surface area (Å²) in [7, 11) is -1.49. The summed E-state index contributed by atoms with van der Waals surface area (Å²) in [5.74, 6) is 1.55. The number of amides is 1. The fraction of sp³-hybridized carbons (Fsp3) is 0.571. The predicted octanol–water partition coefficient (Wildman–Crippen LogP) is 7.21. The first kappa shape index (κ1) is 32.1. The zero-order chi connectivity index (χ0) is 30.3. The van der Waals surface area contributed by atoms with Crippen LogP contribution in [0.25, 0.3) is 0 Å². The quantitative estimate of drug-likeness (QED) is 0.352. The van der Waals surface area contributed by atoms with Crippen LogP contribution in [0.3, 0.4) is 0 Å². The van der Waals surface area contributed by atoms with E-state index in [2.05, 4.69) is 28.7 Å². The molecule has 2 fully saturated rings. The van der Waals surface area contributed by atoms with Crippen LogP contribution in [0.15, 0.2) is 48.6 Å². The van der Waals surface area contributed by atoms with Crippen molar-refractivity contribution in [1.82, 2.24) is 4.72 Å². The van der Waals surface area contributed by atoms with Gasteiger partial charge in [-0.2, -0.15) is 0 Å². The lowest BCUT2D eigenvalue weighted by atomic mass is 9.70. The van der Waals surface area contributed by atoms with E-state index in [0.717, 1.165) is 55.2 Å². The highest BCUT2D eigenvalue weighted by molar-refractivity contribution is 7.83. The number of halogens is 1. The van der Waals surface area contributed by atoms with E-state index in [1.54, 1.807) is 6.07 Å². The Balaban J connectivity index is 0.000000850. The van der Waals surface area contributed by atoms with Gasteiger partial charge < -0.3 is 14.7 Å². The van der Waals surface area contributed by atoms with Crippen LogP contribution in [0.1, 0.15) is 92.6 Å². The van der Waals surface area contributed by atoms with E-state index in [0.29, 0.717) is 30.3 Å². The van der Waals surface area contributed by atoms with E-state index in [1.807, 2.05) is 37.3 Å². The highest BCUT2D eigenvalue weighted by Gasteiger charge is 2.38. The summed E-state index contributed by atoms with van der Waals surface area (Å²) in [6.45, 7) is 6.21. The molecule has 4 aliphatic rings. The zero-order valence-corrected chi connectivity index (χ0v) is 27.2. The van der Waals surface area contributed by atoms with Crippen LogP contribution in [-0.4, -0.2) is 46.8 Å². The lowest BCUT2D eigenvalue weighted by Crippen LogP contribution is -2.44. The summed E-state index contributed by atoms with van der Waals surface area (Å²) in [6.07, 6.45) is 14.2. The van der Waals surface area contributed by atoms with Crippen molar-refractivity contribution >= 4 is 34.2 Å². The highest BCUT2D eigenvalue weighted by atomic mass is 35.5. The fourth-order valence-corrected chi connectivity index (χ4v) is 7.64. The summed E-state index contributed by atoms with van der Waals surface area (Å²) in [4.78, 5) is 15.4. The van der Waals surface area contributed by atoms with E-state index in [4.69, 9.17) is 16.3 Å². The third-order valence-corrected chi connectivity index (χ3v) is 10.9. The number of aliphatic hydroxyl groups excluding tert-OH is 1. The molecule has 2 aliphatic carbocycles. The van der Waals surface area contributed by atoms with E-state index in [-0.39, 0.29) is 23.7 Å². The Hall–Kier alpha value is -2.35. The molecule has 0 radical (unpaired) electrons. The third-order valence-electron chi connectivity index (χ3n) is 9.39. The third kappa shape index (κ3) is 8.23. The summed E-state index contributed by atoms with van der Waals surface area (Å²) in [5.41, 5.74) is 3.84. The van der Waals surface area contributed by atoms with E-state index < -0.39 is 17.1 Å². The fourth-order valence-electron chi connectivity index (χ4n) is 6.38. The van der Waals surface area contributed by atoms with Crippen molar-refractivity contribution in [3.8, 4) is 5.75 Å². The van der Waals surface area contributed by atoms with E-state index in [9.17, 15) is 14.1 Å². The predicted molar refractivity (Wildman–Crippen MR) is 176 cm³/mol. The molecule has 2 saturated carbocycles. The molecule has 6 nitrogen and oxygen atoms in total. The molecule has 0 saturated heterocycles. The first-order valence-corrected chi connectivity index (χ1v) is 17.9. The van der Waals surface area contributed by atoms with Crippen LogP contribution in [0.4, 0.5) is 5.69 Å². The number of aliphatic hydroxyl groups is 1. The number of hydrogen-bond donors (Lipinski definition) is 2. The average Bonchev–Trinajstić information content (AvgIpc) is 3.09. The van der Waals surface area contributed by atoms with Crippen molar-refractivity contribution in [1.29, 1.82) is 0 Å². The number of fused-ring (bicyclic) bond motifs is 2. The minimum atomic E-state index is -1.49. The van der Waals surface area contributed by atoms with Gasteiger partial charge in [0.1, 0.15) is 16.7 Å². The monoisotopic (exact) mass is 626 g/mol. The number of carbonyl (C=O) groups is 1. The largest absolute Gasteiger partial charge is 0.491 e. The molecule has 6 atom stereocenters. The second-order valence-electron chi connectivity index (χ2n) is 12.8. The van der Waals surface area contributed by atoms with Crippen LogP contribution in [0.2, 0.25) is 5.02 Å². The average molecular weight is 627 g/mol. The maximum atomic E-state index is 13.1. The Kier molecular flexibility index (Phi) is 11.2. The molecule has 0 aromatic heterocycles. The maximum Gasteiger partial charge on any atom is 0.263 e. The molecule has 2 bridgehead atoms. The van der Waals surface area contributed by atoms with Crippen molar-refractivity contribution in [3.05, 3.63) is 70.3 Å². The van der Waals surface area contributed by atoms with Crippen LogP contribution in [0, 0.1) is 17.8 Å². The maximum absolute atomic E-state index is 13.1. The van der Waals surface area contributed by atoms with Gasteiger partial charge >= 0.3 is 0 Å². The molecular weight excluding hydrogens is 580 g/mol. The standard InChI is InChI=1S/C31H39ClN2O4S.C4H8/c1-3-5-21-14-25(32)10-12-26(21)24-17-34-16-23-8-11-27(23)29(35)7-4-6-20(2)19-39(37)33-31(36)22-9-13-30(38-18-24)28(34)15-22;1-2-4-3-1/h4,7,9-10,12-15,20,23-24,27,29,35H,3,5-6,8,11,16-19H2,1-2H3,(H,33,36);1-4H2/b7-4+;/t20-,23?,24?,27?,29?,39?;/m1./s1. The van der Waals surface area contributed by atoms with E-state index in [1.165, 1.54) is 36.8 Å². The van der Waals surface area contributed by atoms with E-state index >= 15 is 0 Å². The Morgan fingerprint density at radius 3 is 2.58 bits per heavy atom. The number of allylic oxidation sites excluding steroid dienone is 1. The highest BCUT2D eigenvalue weighted by Crippen LogP contribution is 2.42. The Morgan fingerprint density at radius 1 is 1.09 bits per heavy atom. The topological polar surface area (TPSA) is 78.9 Å². The smallest absolute Gasteiger partial charge is 0.263 e. The molecule has 2 aliphatic heterocycles. The van der Waals surface area contributed by atoms with Crippen molar-refractivity contribution < 1.29 is 18.8 Å². The molecular formula is C35H47ClN2O4S. The number of hydrogen-bond acceptors (Lipinski definition) is 5. The molecule has 8 heteroatoms. The van der Waals surface area contributed by atoms with Gasteiger partial charge in [-0.05, 0) is 84.9 Å². The molecule has 0 spiro atoms. The molecule has 1 amide bonds. The van der Waals surface area contributed by atoms with Gasteiger partial charge in [0, 0.05) is 35.3 Å². The Bertz CT molecular complexity index is 1310. The molecule has 234 valence electrons. The van der Waals surface area contributed by atoms with Crippen LogP contribution in [-0.2, 0) is 17.4 Å². The number of ether oxygens (including phenoxy) is 1. The second-order valence-corrected chi connectivity index (χ2v) is 14.5. The van der Waals surface area contributed by atoms with Gasteiger partial charge in [0.2, 0.25) is 0 Å². The van der Waals surface area contributed by atoms with Gasteiger partial charge in [0.15, 0.2) is 0 Å². The SMILES string of the molecule is C1CCC1.CCCc1cc(Cl)ccc1C1COc2ccc3cc2N(C1)CC1CCC1C(O)/C=C/C[C@@H](C)CS(=O)NC3=O. The number of aryl methyl sites for hydroxylation is 1. The van der Waals surface area contributed by atoms with Gasteiger partial charge in [-0.15, -0.1) is 0 Å². The van der Waals surface area contributed by atoms with Gasteiger partial charge in [-0.25, -0.2) is 4.21 Å². The van der Waals surface area contributed by atoms with Crippen molar-refractivity contribution in [2.24, 2.45) is 17.8 Å². The zero-order valence-electron chi connectivity index (χ0n) is 25.6. The van der Waals surface area contributed by atoms with Crippen molar-refractivity contribution in [2.75, 3.05) is 30.3 Å². The molecule has 43 heavy (non-hydrogen) atoms. The molecule has 6 rings (SSSR count). The molecule has 2 aromatic carbocycles. The Labute approximate surface area is 264 Å². The second kappa shape index (κ2) is 15.1.